The molecule has 0 saturated carbocycles. The minimum absolute atomic E-state index is 0.121. The summed E-state index contributed by atoms with van der Waals surface area (Å²) < 4.78 is 26.3. The van der Waals surface area contributed by atoms with Crippen LogP contribution in [0.5, 0.6) is 0 Å². The fraction of sp³-hybridized carbons (Fsp3) is 0.667. The summed E-state index contributed by atoms with van der Waals surface area (Å²) in [6, 6.07) is -0.971. The highest BCUT2D eigenvalue weighted by molar-refractivity contribution is 7.91. The number of aliphatic carboxylic acids is 1. The van der Waals surface area contributed by atoms with Crippen LogP contribution in [0.1, 0.15) is 31.2 Å². The maximum atomic E-state index is 12.5. The molecule has 1 N–H and O–H groups in total. The van der Waals surface area contributed by atoms with Gasteiger partial charge in [0.25, 0.3) is 10.0 Å². The Morgan fingerprint density at radius 2 is 2.30 bits per heavy atom. The minimum Gasteiger partial charge on any atom is -0.480 e. The Kier molecular flexibility index (Phi) is 4.46. The number of hydrogen-bond acceptors (Lipinski definition) is 5. The minimum atomic E-state index is -3.76. The molecule has 2 unspecified atom stereocenters. The highest BCUT2D eigenvalue weighted by Gasteiger charge is 2.40. The summed E-state index contributed by atoms with van der Waals surface area (Å²) in [6.07, 6.45) is 3.26. The fourth-order valence-corrected chi connectivity index (χ4v) is 5.32. The number of carboxylic acids is 1. The summed E-state index contributed by atoms with van der Waals surface area (Å²) in [5, 5.41) is 9.97. The molecule has 1 aliphatic rings. The van der Waals surface area contributed by atoms with Gasteiger partial charge in [0.15, 0.2) is 4.21 Å². The summed E-state index contributed by atoms with van der Waals surface area (Å²) in [4.78, 5) is 15.3. The maximum Gasteiger partial charge on any atom is 0.322 e. The fourth-order valence-electron chi connectivity index (χ4n) is 2.48. The van der Waals surface area contributed by atoms with Gasteiger partial charge in [-0.2, -0.15) is 4.31 Å². The first kappa shape index (κ1) is 15.4. The van der Waals surface area contributed by atoms with E-state index < -0.39 is 22.0 Å². The van der Waals surface area contributed by atoms with Crippen LogP contribution in [0.4, 0.5) is 0 Å². The van der Waals surface area contributed by atoms with Gasteiger partial charge in [0.2, 0.25) is 0 Å². The molecule has 0 radical (unpaired) electrons. The largest absolute Gasteiger partial charge is 0.480 e. The van der Waals surface area contributed by atoms with E-state index in [1.807, 2.05) is 6.92 Å². The van der Waals surface area contributed by atoms with Crippen molar-refractivity contribution in [1.82, 2.24) is 9.29 Å². The van der Waals surface area contributed by atoms with E-state index in [0.29, 0.717) is 17.8 Å². The Hall–Kier alpha value is -0.990. The van der Waals surface area contributed by atoms with Crippen LogP contribution in [0, 0.1) is 12.8 Å². The van der Waals surface area contributed by atoms with Gasteiger partial charge in [-0.05, 0) is 25.7 Å². The highest BCUT2D eigenvalue weighted by atomic mass is 32.2. The number of aryl methyl sites for hydroxylation is 1. The molecule has 112 valence electrons. The molecule has 0 aliphatic carbocycles. The predicted molar refractivity (Wildman–Crippen MR) is 75.2 cm³/mol. The number of carbonyl (C=O) groups is 1. The molecule has 1 saturated heterocycles. The first-order valence-corrected chi connectivity index (χ1v) is 8.79. The summed E-state index contributed by atoms with van der Waals surface area (Å²) >= 11 is 1.07. The third kappa shape index (κ3) is 2.87. The Morgan fingerprint density at radius 3 is 2.80 bits per heavy atom. The molecule has 1 aromatic heterocycles. The van der Waals surface area contributed by atoms with Gasteiger partial charge >= 0.3 is 5.97 Å². The predicted octanol–water partition coefficient (Wildman–Crippen LogP) is 1.72. The number of sulfonamides is 1. The molecule has 0 bridgehead atoms. The molecule has 2 rings (SSSR count). The Balaban J connectivity index is 2.32. The van der Waals surface area contributed by atoms with E-state index in [4.69, 9.17) is 0 Å². The lowest BCUT2D eigenvalue weighted by atomic mass is 9.90. The summed E-state index contributed by atoms with van der Waals surface area (Å²) in [6.45, 7) is 3.98. The van der Waals surface area contributed by atoms with Gasteiger partial charge in [-0.1, -0.05) is 13.3 Å². The van der Waals surface area contributed by atoms with Crippen molar-refractivity contribution < 1.29 is 18.3 Å². The summed E-state index contributed by atoms with van der Waals surface area (Å²) in [5.74, 6) is -0.807. The number of aromatic nitrogens is 1. The molecule has 0 aromatic carbocycles. The Morgan fingerprint density at radius 1 is 1.60 bits per heavy atom. The zero-order valence-electron chi connectivity index (χ0n) is 11.4. The third-order valence-corrected chi connectivity index (χ3v) is 6.95. The van der Waals surface area contributed by atoms with Crippen molar-refractivity contribution in [2.45, 2.75) is 43.4 Å². The third-order valence-electron chi connectivity index (χ3n) is 3.69. The maximum absolute atomic E-state index is 12.5. The molecule has 20 heavy (non-hydrogen) atoms. The van der Waals surface area contributed by atoms with Crippen molar-refractivity contribution in [2.24, 2.45) is 5.92 Å². The first-order valence-electron chi connectivity index (χ1n) is 6.53. The van der Waals surface area contributed by atoms with Gasteiger partial charge in [0.05, 0.1) is 11.2 Å². The number of carboxylic acid groups (broad SMARTS) is 1. The van der Waals surface area contributed by atoms with Crippen LogP contribution in [0.3, 0.4) is 0 Å². The standard InChI is InChI=1S/C12H18N2O4S2/c1-3-9-4-5-14(10(6-9)12(15)16)20(17,18)11-7-13-8(2)19-11/h7,9-10H,3-6H2,1-2H3,(H,15,16). The van der Waals surface area contributed by atoms with Crippen LogP contribution < -0.4 is 0 Å². The quantitative estimate of drug-likeness (QED) is 0.913. The van der Waals surface area contributed by atoms with E-state index in [-0.39, 0.29) is 16.7 Å². The molecule has 2 heterocycles. The average molecular weight is 318 g/mol. The monoisotopic (exact) mass is 318 g/mol. The van der Waals surface area contributed by atoms with Crippen molar-refractivity contribution >= 4 is 27.3 Å². The van der Waals surface area contributed by atoms with Gasteiger partial charge < -0.3 is 5.11 Å². The molecule has 0 spiro atoms. The molecule has 1 aliphatic heterocycles. The van der Waals surface area contributed by atoms with Crippen molar-refractivity contribution in [2.75, 3.05) is 6.54 Å². The molecule has 1 fully saturated rings. The Bertz CT molecular complexity index is 596. The molecule has 1 aromatic rings. The van der Waals surface area contributed by atoms with Gasteiger partial charge in [0, 0.05) is 6.54 Å². The molecule has 8 heteroatoms. The van der Waals surface area contributed by atoms with Crippen molar-refractivity contribution in [3.05, 3.63) is 11.2 Å². The normalized spacial score (nSPS) is 24.7. The van der Waals surface area contributed by atoms with Crippen LogP contribution in [0.15, 0.2) is 10.4 Å². The van der Waals surface area contributed by atoms with Gasteiger partial charge in [-0.3, -0.25) is 4.79 Å². The average Bonchev–Trinajstić information content (AvgIpc) is 2.85. The van der Waals surface area contributed by atoms with Crippen LogP contribution in [-0.2, 0) is 14.8 Å². The zero-order chi connectivity index (χ0) is 14.9. The molecule has 0 amide bonds. The molecular weight excluding hydrogens is 300 g/mol. The van der Waals surface area contributed by atoms with Crippen molar-refractivity contribution in [3.8, 4) is 0 Å². The van der Waals surface area contributed by atoms with E-state index in [0.717, 1.165) is 22.1 Å². The lowest BCUT2D eigenvalue weighted by molar-refractivity contribution is -0.143. The lowest BCUT2D eigenvalue weighted by Crippen LogP contribution is -2.49. The van der Waals surface area contributed by atoms with Crippen LogP contribution in [-0.4, -0.2) is 41.4 Å². The second-order valence-corrected chi connectivity index (χ2v) is 8.32. The number of thiazole rings is 1. The van der Waals surface area contributed by atoms with Crippen LogP contribution in [0.2, 0.25) is 0 Å². The molecule has 6 nitrogen and oxygen atoms in total. The Labute approximate surface area is 122 Å². The first-order chi connectivity index (χ1) is 9.36. The van der Waals surface area contributed by atoms with Crippen molar-refractivity contribution in [3.63, 3.8) is 0 Å². The number of piperidine rings is 1. The summed E-state index contributed by atoms with van der Waals surface area (Å²) in [7, 11) is -3.76. The number of nitrogens with zero attached hydrogens (tertiary/aromatic N) is 2. The lowest BCUT2D eigenvalue weighted by Gasteiger charge is -2.35. The zero-order valence-corrected chi connectivity index (χ0v) is 13.1. The van der Waals surface area contributed by atoms with E-state index >= 15 is 0 Å². The van der Waals surface area contributed by atoms with Crippen LogP contribution in [0.25, 0.3) is 0 Å². The summed E-state index contributed by atoms with van der Waals surface area (Å²) in [5.41, 5.74) is 0. The topological polar surface area (TPSA) is 87.6 Å². The molecular formula is C12H18N2O4S2. The SMILES string of the molecule is CCC1CCN(S(=O)(=O)c2cnc(C)s2)C(C(=O)O)C1. The van der Waals surface area contributed by atoms with Crippen molar-refractivity contribution in [1.29, 1.82) is 0 Å². The molecule has 2 atom stereocenters. The number of rotatable bonds is 4. The van der Waals surface area contributed by atoms with Gasteiger partial charge in [-0.25, -0.2) is 13.4 Å². The van der Waals surface area contributed by atoms with E-state index in [1.54, 1.807) is 6.92 Å². The second-order valence-electron chi connectivity index (χ2n) is 4.97. The van der Waals surface area contributed by atoms with E-state index in [9.17, 15) is 18.3 Å². The van der Waals surface area contributed by atoms with Crippen LogP contribution >= 0.6 is 11.3 Å². The van der Waals surface area contributed by atoms with E-state index in [2.05, 4.69) is 4.98 Å². The smallest absolute Gasteiger partial charge is 0.322 e. The van der Waals surface area contributed by atoms with Gasteiger partial charge in [-0.15, -0.1) is 11.3 Å². The second kappa shape index (κ2) is 5.79. The van der Waals surface area contributed by atoms with E-state index in [1.165, 1.54) is 6.20 Å². The highest BCUT2D eigenvalue weighted by Crippen LogP contribution is 2.32. The van der Waals surface area contributed by atoms with Gasteiger partial charge in [0.1, 0.15) is 6.04 Å². The number of hydrogen-bond donors (Lipinski definition) is 1.